The maximum Gasteiger partial charge on any atom is 0.306 e. The zero-order valence-corrected chi connectivity index (χ0v) is 8.40. The van der Waals surface area contributed by atoms with Gasteiger partial charge in [0.25, 0.3) is 0 Å². The third-order valence-electron chi connectivity index (χ3n) is 2.20. The van der Waals surface area contributed by atoms with Crippen LogP contribution in [0.2, 0.25) is 0 Å². The van der Waals surface area contributed by atoms with Crippen LogP contribution in [0.5, 0.6) is 0 Å². The molecule has 1 rings (SSSR count). The Morgan fingerprint density at radius 2 is 2.07 bits per heavy atom. The zero-order valence-electron chi connectivity index (χ0n) is 8.40. The normalized spacial score (nSPS) is 23.0. The summed E-state index contributed by atoms with van der Waals surface area (Å²) in [5, 5.41) is 18.3. The van der Waals surface area contributed by atoms with Gasteiger partial charge in [-0.15, -0.1) is 0 Å². The van der Waals surface area contributed by atoms with E-state index in [2.05, 4.69) is 0 Å². The lowest BCUT2D eigenvalue weighted by molar-refractivity contribution is -0.142. The van der Waals surface area contributed by atoms with E-state index in [1.807, 2.05) is 4.90 Å². The molecule has 2 N–H and O–H groups in total. The third-order valence-corrected chi connectivity index (χ3v) is 2.20. The highest BCUT2D eigenvalue weighted by Gasteiger charge is 2.27. The molecule has 0 radical (unpaired) electrons. The lowest BCUT2D eigenvalue weighted by Gasteiger charge is -2.32. The Kier molecular flexibility index (Phi) is 3.86. The van der Waals surface area contributed by atoms with E-state index in [9.17, 15) is 9.90 Å². The smallest absolute Gasteiger partial charge is 0.306 e. The summed E-state index contributed by atoms with van der Waals surface area (Å²) in [5.41, 5.74) is -1.15. The molecule has 0 aliphatic carbocycles. The molecule has 0 bridgehead atoms. The molecule has 0 amide bonds. The summed E-state index contributed by atoms with van der Waals surface area (Å²) in [4.78, 5) is 12.5. The second-order valence-electron chi connectivity index (χ2n) is 3.96. The molecule has 1 atom stereocenters. The number of carbonyl (C=O) groups is 1. The van der Waals surface area contributed by atoms with Crippen molar-refractivity contribution in [2.24, 2.45) is 0 Å². The summed E-state index contributed by atoms with van der Waals surface area (Å²) >= 11 is 0. The number of ether oxygens (including phenoxy) is 1. The highest BCUT2D eigenvalue weighted by Crippen LogP contribution is 2.12. The molecule has 0 spiro atoms. The highest BCUT2D eigenvalue weighted by atomic mass is 16.5. The van der Waals surface area contributed by atoms with Gasteiger partial charge in [0, 0.05) is 19.6 Å². The van der Waals surface area contributed by atoms with Gasteiger partial charge in [-0.2, -0.15) is 0 Å². The maximum absolute atomic E-state index is 10.5. The standard InChI is InChI=1S/C9H17NO4/c1-9(13,6-8(11)12)7-10-2-4-14-5-3-10/h13H,2-7H2,1H3,(H,11,12). The monoisotopic (exact) mass is 203 g/mol. The van der Waals surface area contributed by atoms with Crippen molar-refractivity contribution < 1.29 is 19.7 Å². The molecule has 1 heterocycles. The second kappa shape index (κ2) is 4.72. The van der Waals surface area contributed by atoms with E-state index in [0.29, 0.717) is 19.8 Å². The van der Waals surface area contributed by atoms with Crippen LogP contribution >= 0.6 is 0 Å². The van der Waals surface area contributed by atoms with Crippen molar-refractivity contribution in [2.45, 2.75) is 18.9 Å². The fourth-order valence-corrected chi connectivity index (χ4v) is 1.62. The van der Waals surface area contributed by atoms with E-state index in [1.165, 1.54) is 0 Å². The largest absolute Gasteiger partial charge is 0.481 e. The number of aliphatic carboxylic acids is 1. The number of aliphatic hydroxyl groups is 1. The van der Waals surface area contributed by atoms with Gasteiger partial charge in [-0.05, 0) is 6.92 Å². The molecule has 0 aromatic carbocycles. The molecule has 1 saturated heterocycles. The minimum atomic E-state index is -1.15. The molecule has 1 aliphatic heterocycles. The molecule has 5 nitrogen and oxygen atoms in total. The molecule has 0 aromatic heterocycles. The van der Waals surface area contributed by atoms with Crippen molar-refractivity contribution in [2.75, 3.05) is 32.8 Å². The van der Waals surface area contributed by atoms with Crippen molar-refractivity contribution in [1.82, 2.24) is 4.90 Å². The summed E-state index contributed by atoms with van der Waals surface area (Å²) in [7, 11) is 0. The van der Waals surface area contributed by atoms with E-state index in [1.54, 1.807) is 6.92 Å². The lowest BCUT2D eigenvalue weighted by atomic mass is 10.0. The first kappa shape index (κ1) is 11.4. The summed E-state index contributed by atoms with van der Waals surface area (Å²) in [6.07, 6.45) is -0.218. The second-order valence-corrected chi connectivity index (χ2v) is 3.96. The molecule has 5 heteroatoms. The molecular formula is C9H17NO4. The van der Waals surface area contributed by atoms with Crippen LogP contribution in [0.1, 0.15) is 13.3 Å². The van der Waals surface area contributed by atoms with Gasteiger partial charge in [-0.3, -0.25) is 9.69 Å². The van der Waals surface area contributed by atoms with Crippen molar-refractivity contribution in [3.8, 4) is 0 Å². The van der Waals surface area contributed by atoms with Crippen molar-refractivity contribution in [1.29, 1.82) is 0 Å². The number of carboxylic acid groups (broad SMARTS) is 1. The first-order chi connectivity index (χ1) is 6.49. The van der Waals surface area contributed by atoms with Gasteiger partial charge in [0.2, 0.25) is 0 Å². The fourth-order valence-electron chi connectivity index (χ4n) is 1.62. The number of carboxylic acids is 1. The molecule has 14 heavy (non-hydrogen) atoms. The van der Waals surface area contributed by atoms with E-state index in [-0.39, 0.29) is 6.42 Å². The molecule has 1 fully saturated rings. The van der Waals surface area contributed by atoms with Gasteiger partial charge < -0.3 is 14.9 Å². The average molecular weight is 203 g/mol. The minimum Gasteiger partial charge on any atom is -0.481 e. The molecule has 1 aliphatic rings. The number of morpholine rings is 1. The number of hydrogen-bond acceptors (Lipinski definition) is 4. The Hall–Kier alpha value is -0.650. The van der Waals surface area contributed by atoms with Gasteiger partial charge in [0.15, 0.2) is 0 Å². The van der Waals surface area contributed by atoms with Gasteiger partial charge >= 0.3 is 5.97 Å². The van der Waals surface area contributed by atoms with E-state index < -0.39 is 11.6 Å². The van der Waals surface area contributed by atoms with Crippen LogP contribution in [0.3, 0.4) is 0 Å². The van der Waals surface area contributed by atoms with Gasteiger partial charge in [-0.25, -0.2) is 0 Å². The quantitative estimate of drug-likeness (QED) is 0.647. The predicted molar refractivity (Wildman–Crippen MR) is 50.1 cm³/mol. The Morgan fingerprint density at radius 1 is 1.50 bits per heavy atom. The molecular weight excluding hydrogens is 186 g/mol. The molecule has 82 valence electrons. The van der Waals surface area contributed by atoms with E-state index >= 15 is 0 Å². The van der Waals surface area contributed by atoms with Crippen LogP contribution in [0.25, 0.3) is 0 Å². The van der Waals surface area contributed by atoms with Crippen LogP contribution < -0.4 is 0 Å². The molecule has 0 aromatic rings. The van der Waals surface area contributed by atoms with Gasteiger partial charge in [0.1, 0.15) is 0 Å². The predicted octanol–water partition coefficient (Wildman–Crippen LogP) is -0.456. The first-order valence-electron chi connectivity index (χ1n) is 4.74. The third kappa shape index (κ3) is 4.04. The molecule has 0 saturated carbocycles. The highest BCUT2D eigenvalue weighted by molar-refractivity contribution is 5.68. The fraction of sp³-hybridized carbons (Fsp3) is 0.889. The Bertz CT molecular complexity index is 199. The van der Waals surface area contributed by atoms with Crippen LogP contribution in [0, 0.1) is 0 Å². The summed E-state index contributed by atoms with van der Waals surface area (Å²) in [6.45, 7) is 4.77. The first-order valence-corrected chi connectivity index (χ1v) is 4.74. The minimum absolute atomic E-state index is 0.218. The average Bonchev–Trinajstić information content (AvgIpc) is 2.02. The number of nitrogens with zero attached hydrogens (tertiary/aromatic N) is 1. The van der Waals surface area contributed by atoms with Crippen LogP contribution in [0.4, 0.5) is 0 Å². The number of β-amino-alcohol motifs (C(OH)–C–C–N with tert-alkyl or cyclic N) is 1. The number of hydrogen-bond donors (Lipinski definition) is 2. The SMILES string of the molecule is CC(O)(CC(=O)O)CN1CCOCC1. The van der Waals surface area contributed by atoms with Crippen molar-refractivity contribution >= 4 is 5.97 Å². The maximum atomic E-state index is 10.5. The van der Waals surface area contributed by atoms with Crippen molar-refractivity contribution in [3.63, 3.8) is 0 Å². The Labute approximate surface area is 83.3 Å². The van der Waals surface area contributed by atoms with E-state index in [4.69, 9.17) is 9.84 Å². The Morgan fingerprint density at radius 3 is 2.57 bits per heavy atom. The zero-order chi connectivity index (χ0) is 10.6. The van der Waals surface area contributed by atoms with Crippen LogP contribution in [-0.2, 0) is 9.53 Å². The van der Waals surface area contributed by atoms with E-state index in [0.717, 1.165) is 13.1 Å². The van der Waals surface area contributed by atoms with Crippen LogP contribution in [0.15, 0.2) is 0 Å². The molecule has 1 unspecified atom stereocenters. The summed E-state index contributed by atoms with van der Waals surface area (Å²) < 4.78 is 5.16. The van der Waals surface area contributed by atoms with Gasteiger partial charge in [0.05, 0.1) is 25.2 Å². The van der Waals surface area contributed by atoms with Crippen molar-refractivity contribution in [3.05, 3.63) is 0 Å². The lowest BCUT2D eigenvalue weighted by Crippen LogP contribution is -2.46. The Balaban J connectivity index is 2.36. The summed E-state index contributed by atoms with van der Waals surface area (Å²) in [6, 6.07) is 0. The van der Waals surface area contributed by atoms with Crippen LogP contribution in [-0.4, -0.2) is 59.5 Å². The topological polar surface area (TPSA) is 70.0 Å². The van der Waals surface area contributed by atoms with Gasteiger partial charge in [-0.1, -0.05) is 0 Å². The number of rotatable bonds is 4. The summed E-state index contributed by atoms with van der Waals surface area (Å²) in [5.74, 6) is -0.969.